The van der Waals surface area contributed by atoms with Gasteiger partial charge in [-0.3, -0.25) is 0 Å². The standard InChI is InChI=1S/C15H32N2O/c1-12(2)13(9-16)10-17-11-15(18)7-5-14(3,4)6-8-15/h12-13,17-18H,5-11,16H2,1-4H3. The fraction of sp³-hybridized carbons (Fsp3) is 1.00. The van der Waals surface area contributed by atoms with Crippen LogP contribution in [0.2, 0.25) is 0 Å². The molecular weight excluding hydrogens is 224 g/mol. The summed E-state index contributed by atoms with van der Waals surface area (Å²) in [5.41, 5.74) is 5.67. The molecule has 0 aromatic rings. The van der Waals surface area contributed by atoms with Gasteiger partial charge in [0, 0.05) is 6.54 Å². The molecule has 108 valence electrons. The van der Waals surface area contributed by atoms with Crippen molar-refractivity contribution in [2.24, 2.45) is 23.0 Å². The van der Waals surface area contributed by atoms with Gasteiger partial charge in [-0.1, -0.05) is 27.7 Å². The molecule has 1 fully saturated rings. The van der Waals surface area contributed by atoms with Gasteiger partial charge in [0.1, 0.15) is 0 Å². The van der Waals surface area contributed by atoms with Crippen molar-refractivity contribution >= 4 is 0 Å². The number of hydrogen-bond acceptors (Lipinski definition) is 3. The molecule has 1 unspecified atom stereocenters. The van der Waals surface area contributed by atoms with E-state index in [1.54, 1.807) is 0 Å². The third-order valence-corrected chi connectivity index (χ3v) is 4.64. The van der Waals surface area contributed by atoms with E-state index in [9.17, 15) is 5.11 Å². The Kier molecular flexibility index (Phi) is 5.63. The minimum absolute atomic E-state index is 0.407. The Morgan fingerprint density at radius 2 is 1.72 bits per heavy atom. The molecule has 0 amide bonds. The molecule has 0 spiro atoms. The van der Waals surface area contributed by atoms with Crippen LogP contribution in [-0.4, -0.2) is 30.3 Å². The normalized spacial score (nSPS) is 24.2. The lowest BCUT2D eigenvalue weighted by Crippen LogP contribution is -2.46. The zero-order valence-electron chi connectivity index (χ0n) is 12.6. The smallest absolute Gasteiger partial charge is 0.0772 e. The minimum atomic E-state index is -0.494. The molecule has 1 atom stereocenters. The van der Waals surface area contributed by atoms with E-state index >= 15 is 0 Å². The molecule has 3 heteroatoms. The summed E-state index contributed by atoms with van der Waals surface area (Å²) >= 11 is 0. The first kappa shape index (κ1) is 15.9. The number of aliphatic hydroxyl groups is 1. The van der Waals surface area contributed by atoms with Gasteiger partial charge in [0.2, 0.25) is 0 Å². The zero-order chi connectivity index (χ0) is 13.8. The van der Waals surface area contributed by atoms with Crippen LogP contribution in [0.4, 0.5) is 0 Å². The van der Waals surface area contributed by atoms with Gasteiger partial charge >= 0.3 is 0 Å². The first-order valence-electron chi connectivity index (χ1n) is 7.41. The molecule has 0 heterocycles. The maximum absolute atomic E-state index is 10.5. The summed E-state index contributed by atoms with van der Waals surface area (Å²) in [6.07, 6.45) is 4.08. The summed E-state index contributed by atoms with van der Waals surface area (Å²) in [7, 11) is 0. The van der Waals surface area contributed by atoms with Gasteiger partial charge < -0.3 is 16.2 Å². The molecule has 0 aromatic heterocycles. The average Bonchev–Trinajstić information content (AvgIpc) is 2.29. The molecule has 1 rings (SSSR count). The topological polar surface area (TPSA) is 58.3 Å². The van der Waals surface area contributed by atoms with E-state index in [0.29, 0.717) is 23.8 Å². The van der Waals surface area contributed by atoms with E-state index in [-0.39, 0.29) is 0 Å². The molecule has 4 N–H and O–H groups in total. The molecule has 1 aliphatic carbocycles. The first-order chi connectivity index (χ1) is 8.28. The van der Waals surface area contributed by atoms with Crippen molar-refractivity contribution in [3.05, 3.63) is 0 Å². The second-order valence-corrected chi connectivity index (χ2v) is 7.26. The van der Waals surface area contributed by atoms with E-state index in [1.165, 1.54) is 0 Å². The summed E-state index contributed by atoms with van der Waals surface area (Å²) in [6, 6.07) is 0. The highest BCUT2D eigenvalue weighted by atomic mass is 16.3. The monoisotopic (exact) mass is 256 g/mol. The van der Waals surface area contributed by atoms with Gasteiger partial charge in [-0.2, -0.15) is 0 Å². The van der Waals surface area contributed by atoms with E-state index in [2.05, 4.69) is 33.0 Å². The van der Waals surface area contributed by atoms with Gasteiger partial charge in [-0.25, -0.2) is 0 Å². The predicted octanol–water partition coefficient (Wildman–Crippen LogP) is 2.14. The summed E-state index contributed by atoms with van der Waals surface area (Å²) in [5.74, 6) is 1.11. The van der Waals surface area contributed by atoms with Crippen LogP contribution in [0.1, 0.15) is 53.4 Å². The van der Waals surface area contributed by atoms with Crippen molar-refractivity contribution in [2.75, 3.05) is 19.6 Å². The molecule has 3 nitrogen and oxygen atoms in total. The van der Waals surface area contributed by atoms with Crippen molar-refractivity contribution in [3.8, 4) is 0 Å². The SMILES string of the molecule is CC(C)C(CN)CNCC1(O)CCC(C)(C)CC1. The average molecular weight is 256 g/mol. The Morgan fingerprint density at radius 3 is 2.17 bits per heavy atom. The van der Waals surface area contributed by atoms with Gasteiger partial charge in [0.05, 0.1) is 5.60 Å². The predicted molar refractivity (Wildman–Crippen MR) is 77.5 cm³/mol. The Bertz CT molecular complexity index is 241. The maximum atomic E-state index is 10.5. The summed E-state index contributed by atoms with van der Waals surface area (Å²) in [6.45, 7) is 11.4. The molecule has 0 bridgehead atoms. The Hall–Kier alpha value is -0.120. The van der Waals surface area contributed by atoms with Crippen LogP contribution in [0, 0.1) is 17.3 Å². The van der Waals surface area contributed by atoms with E-state index < -0.39 is 5.60 Å². The van der Waals surface area contributed by atoms with Crippen molar-refractivity contribution in [1.29, 1.82) is 0 Å². The second kappa shape index (κ2) is 6.36. The molecule has 0 saturated heterocycles. The minimum Gasteiger partial charge on any atom is -0.389 e. The van der Waals surface area contributed by atoms with Crippen molar-refractivity contribution in [3.63, 3.8) is 0 Å². The molecular formula is C15H32N2O. The highest BCUT2D eigenvalue weighted by Gasteiger charge is 2.36. The molecule has 1 aliphatic rings. The largest absolute Gasteiger partial charge is 0.389 e. The lowest BCUT2D eigenvalue weighted by molar-refractivity contribution is -0.0249. The van der Waals surface area contributed by atoms with Crippen LogP contribution < -0.4 is 11.1 Å². The second-order valence-electron chi connectivity index (χ2n) is 7.26. The summed E-state index contributed by atoms with van der Waals surface area (Å²) in [5, 5.41) is 14.0. The van der Waals surface area contributed by atoms with Crippen molar-refractivity contribution in [2.45, 2.75) is 59.0 Å². The van der Waals surface area contributed by atoms with Crippen LogP contribution in [0.5, 0.6) is 0 Å². The van der Waals surface area contributed by atoms with Crippen molar-refractivity contribution in [1.82, 2.24) is 5.32 Å². The summed E-state index contributed by atoms with van der Waals surface area (Å²) < 4.78 is 0. The van der Waals surface area contributed by atoms with E-state index in [1.807, 2.05) is 0 Å². The Morgan fingerprint density at radius 1 is 1.17 bits per heavy atom. The zero-order valence-corrected chi connectivity index (χ0v) is 12.6. The Balaban J connectivity index is 2.31. The lowest BCUT2D eigenvalue weighted by Gasteiger charge is -2.40. The van der Waals surface area contributed by atoms with Crippen LogP contribution in [-0.2, 0) is 0 Å². The number of rotatable bonds is 6. The highest BCUT2D eigenvalue weighted by molar-refractivity contribution is 4.90. The first-order valence-corrected chi connectivity index (χ1v) is 7.41. The van der Waals surface area contributed by atoms with Crippen molar-refractivity contribution < 1.29 is 5.11 Å². The molecule has 0 aliphatic heterocycles. The summed E-state index contributed by atoms with van der Waals surface area (Å²) in [4.78, 5) is 0. The van der Waals surface area contributed by atoms with Crippen LogP contribution in [0.25, 0.3) is 0 Å². The van der Waals surface area contributed by atoms with Gasteiger partial charge in [0.25, 0.3) is 0 Å². The fourth-order valence-corrected chi connectivity index (χ4v) is 2.65. The molecule has 0 radical (unpaired) electrons. The number of nitrogens with two attached hydrogens (primary N) is 1. The highest BCUT2D eigenvalue weighted by Crippen LogP contribution is 2.39. The van der Waals surface area contributed by atoms with Crippen LogP contribution in [0.3, 0.4) is 0 Å². The van der Waals surface area contributed by atoms with E-state index in [0.717, 1.165) is 38.8 Å². The fourth-order valence-electron chi connectivity index (χ4n) is 2.65. The van der Waals surface area contributed by atoms with Gasteiger partial charge in [-0.05, 0) is 56.0 Å². The lowest BCUT2D eigenvalue weighted by atomic mass is 9.71. The van der Waals surface area contributed by atoms with Gasteiger partial charge in [-0.15, -0.1) is 0 Å². The van der Waals surface area contributed by atoms with Crippen LogP contribution in [0.15, 0.2) is 0 Å². The molecule has 18 heavy (non-hydrogen) atoms. The third-order valence-electron chi connectivity index (χ3n) is 4.64. The molecule has 1 saturated carbocycles. The number of nitrogens with one attached hydrogen (secondary N) is 1. The van der Waals surface area contributed by atoms with Gasteiger partial charge in [0.15, 0.2) is 0 Å². The quantitative estimate of drug-likeness (QED) is 0.682. The Labute approximate surface area is 113 Å². The van der Waals surface area contributed by atoms with E-state index in [4.69, 9.17) is 5.73 Å². The maximum Gasteiger partial charge on any atom is 0.0772 e. The number of hydrogen-bond donors (Lipinski definition) is 3. The molecule has 0 aromatic carbocycles. The third kappa shape index (κ3) is 4.87. The van der Waals surface area contributed by atoms with Crippen LogP contribution >= 0.6 is 0 Å².